The summed E-state index contributed by atoms with van der Waals surface area (Å²) in [5, 5.41) is 0. The Morgan fingerprint density at radius 2 is 2.21 bits per heavy atom. The lowest BCUT2D eigenvalue weighted by Gasteiger charge is -2.15. The zero-order chi connectivity index (χ0) is 13.9. The molecule has 1 aromatic carbocycles. The van der Waals surface area contributed by atoms with Crippen molar-refractivity contribution in [2.24, 2.45) is 5.84 Å². The van der Waals surface area contributed by atoms with Crippen LogP contribution >= 0.6 is 11.8 Å². The molecule has 1 unspecified atom stereocenters. The monoisotopic (exact) mass is 282 g/mol. The van der Waals surface area contributed by atoms with Crippen LogP contribution in [0.5, 0.6) is 0 Å². The number of allylic oxidation sites excluding steroid dienone is 1. The quantitative estimate of drug-likeness (QED) is 0.225. The van der Waals surface area contributed by atoms with E-state index in [1.54, 1.807) is 23.9 Å². The Morgan fingerprint density at radius 1 is 1.37 bits per heavy atom. The number of thioether (sulfide) groups is 1. The highest BCUT2D eigenvalue weighted by atomic mass is 32.2. The minimum absolute atomic E-state index is 0.188. The van der Waals surface area contributed by atoms with Gasteiger partial charge in [0.1, 0.15) is 5.82 Å². The number of unbranched alkanes of at least 4 members (excludes halogenated alkanes) is 3. The second-order valence-corrected chi connectivity index (χ2v) is 5.65. The van der Waals surface area contributed by atoms with Gasteiger partial charge in [0.25, 0.3) is 0 Å². The minimum Gasteiger partial charge on any atom is -0.271 e. The summed E-state index contributed by atoms with van der Waals surface area (Å²) in [4.78, 5) is 0.951. The molecule has 2 nitrogen and oxygen atoms in total. The van der Waals surface area contributed by atoms with Crippen LogP contribution in [0.3, 0.4) is 0 Å². The highest BCUT2D eigenvalue weighted by Gasteiger charge is 2.07. The first-order valence-electron chi connectivity index (χ1n) is 6.71. The molecule has 19 heavy (non-hydrogen) atoms. The van der Waals surface area contributed by atoms with E-state index in [-0.39, 0.29) is 11.9 Å². The molecule has 0 saturated carbocycles. The minimum atomic E-state index is -0.188. The fraction of sp³-hybridized carbons (Fsp3) is 0.467. The average molecular weight is 282 g/mol. The molecule has 0 saturated heterocycles. The zero-order valence-electron chi connectivity index (χ0n) is 11.3. The van der Waals surface area contributed by atoms with Gasteiger partial charge in [-0.15, -0.1) is 18.3 Å². The van der Waals surface area contributed by atoms with Crippen molar-refractivity contribution >= 4 is 11.8 Å². The number of nitrogens with two attached hydrogens (primary N) is 1. The van der Waals surface area contributed by atoms with Crippen molar-refractivity contribution in [2.75, 3.05) is 5.75 Å². The smallest absolute Gasteiger partial charge is 0.124 e. The first-order chi connectivity index (χ1) is 9.26. The second kappa shape index (κ2) is 10.0. The van der Waals surface area contributed by atoms with E-state index in [0.717, 1.165) is 29.9 Å². The predicted octanol–water partition coefficient (Wildman–Crippen LogP) is 3.89. The molecule has 106 valence electrons. The topological polar surface area (TPSA) is 38.0 Å². The summed E-state index contributed by atoms with van der Waals surface area (Å²) in [5.41, 5.74) is 2.84. The van der Waals surface area contributed by atoms with Gasteiger partial charge in [-0.1, -0.05) is 25.0 Å². The number of nitrogens with one attached hydrogen (secondary N) is 1. The maximum absolute atomic E-state index is 13.0. The van der Waals surface area contributed by atoms with Crippen LogP contribution in [0.1, 0.15) is 32.1 Å². The van der Waals surface area contributed by atoms with Crippen LogP contribution in [0.4, 0.5) is 4.39 Å². The molecule has 0 heterocycles. The summed E-state index contributed by atoms with van der Waals surface area (Å²) in [6.45, 7) is 3.71. The third-order valence-corrected chi connectivity index (χ3v) is 4.10. The Morgan fingerprint density at radius 3 is 2.89 bits per heavy atom. The Labute approximate surface area is 119 Å². The van der Waals surface area contributed by atoms with Crippen LogP contribution in [0.2, 0.25) is 0 Å². The normalized spacial score (nSPS) is 12.3. The lowest BCUT2D eigenvalue weighted by molar-refractivity contribution is 0.503. The third-order valence-electron chi connectivity index (χ3n) is 2.94. The van der Waals surface area contributed by atoms with Crippen LogP contribution in [0, 0.1) is 5.82 Å². The van der Waals surface area contributed by atoms with Crippen LogP contribution in [0.15, 0.2) is 41.8 Å². The summed E-state index contributed by atoms with van der Waals surface area (Å²) in [5.74, 6) is 6.23. The molecule has 0 amide bonds. The van der Waals surface area contributed by atoms with Gasteiger partial charge >= 0.3 is 0 Å². The average Bonchev–Trinajstić information content (AvgIpc) is 2.42. The van der Waals surface area contributed by atoms with E-state index in [1.807, 2.05) is 12.1 Å². The SMILES string of the molecule is C=CCCCCCC(CSc1cccc(F)c1)NN. The van der Waals surface area contributed by atoms with Crippen molar-refractivity contribution in [3.05, 3.63) is 42.7 Å². The largest absolute Gasteiger partial charge is 0.271 e. The van der Waals surface area contributed by atoms with E-state index in [0.29, 0.717) is 0 Å². The van der Waals surface area contributed by atoms with Gasteiger partial charge in [-0.2, -0.15) is 0 Å². The van der Waals surface area contributed by atoms with E-state index < -0.39 is 0 Å². The van der Waals surface area contributed by atoms with Crippen LogP contribution in [-0.4, -0.2) is 11.8 Å². The molecule has 1 rings (SSSR count). The van der Waals surface area contributed by atoms with Crippen molar-refractivity contribution in [1.82, 2.24) is 5.43 Å². The molecule has 0 aliphatic carbocycles. The summed E-state index contributed by atoms with van der Waals surface area (Å²) in [6.07, 6.45) is 7.65. The fourth-order valence-electron chi connectivity index (χ4n) is 1.82. The first kappa shape index (κ1) is 16.2. The van der Waals surface area contributed by atoms with Gasteiger partial charge in [0.15, 0.2) is 0 Å². The van der Waals surface area contributed by atoms with Gasteiger partial charge < -0.3 is 0 Å². The summed E-state index contributed by atoms with van der Waals surface area (Å²) < 4.78 is 13.0. The molecule has 1 atom stereocenters. The van der Waals surface area contributed by atoms with Crippen LogP contribution in [0.25, 0.3) is 0 Å². The Hall–Kier alpha value is -0.840. The van der Waals surface area contributed by atoms with E-state index in [9.17, 15) is 4.39 Å². The highest BCUT2D eigenvalue weighted by molar-refractivity contribution is 7.99. The van der Waals surface area contributed by atoms with Crippen molar-refractivity contribution in [3.8, 4) is 0 Å². The van der Waals surface area contributed by atoms with Crippen molar-refractivity contribution < 1.29 is 4.39 Å². The zero-order valence-corrected chi connectivity index (χ0v) is 12.1. The van der Waals surface area contributed by atoms with E-state index >= 15 is 0 Å². The molecule has 0 aromatic heterocycles. The Bertz CT molecular complexity index is 371. The van der Waals surface area contributed by atoms with Gasteiger partial charge in [0.2, 0.25) is 0 Å². The fourth-order valence-corrected chi connectivity index (χ4v) is 2.85. The molecule has 0 aliphatic heterocycles. The molecule has 1 aromatic rings. The highest BCUT2D eigenvalue weighted by Crippen LogP contribution is 2.20. The molecular formula is C15H23FN2S. The molecule has 4 heteroatoms. The molecule has 0 fully saturated rings. The van der Waals surface area contributed by atoms with Gasteiger partial charge in [0, 0.05) is 16.7 Å². The van der Waals surface area contributed by atoms with Crippen LogP contribution < -0.4 is 11.3 Å². The first-order valence-corrected chi connectivity index (χ1v) is 7.70. The standard InChI is InChI=1S/C15H23FN2S/c1-2-3-4-5-6-9-14(18-17)12-19-15-10-7-8-13(16)11-15/h2,7-8,10-11,14,18H,1,3-6,9,12,17H2. The van der Waals surface area contributed by atoms with Gasteiger partial charge in [-0.3, -0.25) is 11.3 Å². The van der Waals surface area contributed by atoms with Crippen molar-refractivity contribution in [1.29, 1.82) is 0 Å². The Balaban J connectivity index is 2.22. The molecule has 3 N–H and O–H groups in total. The predicted molar refractivity (Wildman–Crippen MR) is 81.5 cm³/mol. The molecule has 0 bridgehead atoms. The van der Waals surface area contributed by atoms with Gasteiger partial charge in [0.05, 0.1) is 0 Å². The molecule has 0 aliphatic rings. The summed E-state index contributed by atoms with van der Waals surface area (Å²) in [6, 6.07) is 6.95. The maximum atomic E-state index is 13.0. The van der Waals surface area contributed by atoms with Crippen LogP contribution in [-0.2, 0) is 0 Å². The van der Waals surface area contributed by atoms with E-state index in [2.05, 4.69) is 12.0 Å². The third kappa shape index (κ3) is 7.35. The molecule has 0 spiro atoms. The van der Waals surface area contributed by atoms with Gasteiger partial charge in [-0.25, -0.2) is 4.39 Å². The lowest BCUT2D eigenvalue weighted by atomic mass is 10.1. The summed E-state index contributed by atoms with van der Waals surface area (Å²) in [7, 11) is 0. The number of benzene rings is 1. The molecular weight excluding hydrogens is 259 g/mol. The van der Waals surface area contributed by atoms with Crippen molar-refractivity contribution in [2.45, 2.75) is 43.0 Å². The number of rotatable bonds is 10. The summed E-state index contributed by atoms with van der Waals surface area (Å²) >= 11 is 1.64. The number of halogens is 1. The maximum Gasteiger partial charge on any atom is 0.124 e. The van der Waals surface area contributed by atoms with E-state index in [4.69, 9.17) is 5.84 Å². The molecule has 0 radical (unpaired) electrons. The lowest BCUT2D eigenvalue weighted by Crippen LogP contribution is -2.36. The van der Waals surface area contributed by atoms with Crippen molar-refractivity contribution in [3.63, 3.8) is 0 Å². The van der Waals surface area contributed by atoms with Gasteiger partial charge in [-0.05, 0) is 37.5 Å². The second-order valence-electron chi connectivity index (χ2n) is 4.56. The Kier molecular flexibility index (Phi) is 8.54. The van der Waals surface area contributed by atoms with E-state index in [1.165, 1.54) is 18.9 Å². The number of hydrazine groups is 1. The number of hydrogen-bond acceptors (Lipinski definition) is 3. The number of hydrogen-bond donors (Lipinski definition) is 2.